The van der Waals surface area contributed by atoms with Crippen LogP contribution in [0.15, 0.2) is 59.5 Å². The highest BCUT2D eigenvalue weighted by atomic mass is 32.2. The SMILES string of the molecule is O=C(CCc1cc(-c2ccc(C(F)(F)F)cc2)nc(NC2CCCC2)n1)[C@@H]1CCCN1S(=O)(=O)c1ccc(F)cc1. The summed E-state index contributed by atoms with van der Waals surface area (Å²) >= 11 is 0. The molecule has 2 aliphatic rings. The van der Waals surface area contributed by atoms with E-state index in [1.165, 1.54) is 28.6 Å². The molecule has 1 aromatic heterocycles. The number of aromatic nitrogens is 2. The van der Waals surface area contributed by atoms with Crippen LogP contribution in [0, 0.1) is 5.82 Å². The molecule has 0 bridgehead atoms. The molecule has 1 saturated heterocycles. The van der Waals surface area contributed by atoms with Crippen molar-refractivity contribution in [2.75, 3.05) is 11.9 Å². The summed E-state index contributed by atoms with van der Waals surface area (Å²) in [5, 5.41) is 3.32. The summed E-state index contributed by atoms with van der Waals surface area (Å²) in [5.41, 5.74) is 0.671. The molecule has 12 heteroatoms. The van der Waals surface area contributed by atoms with Crippen molar-refractivity contribution in [2.24, 2.45) is 0 Å². The Labute approximate surface area is 236 Å². The molecular formula is C29H30F4N4O3S. The van der Waals surface area contributed by atoms with E-state index in [0.29, 0.717) is 35.7 Å². The summed E-state index contributed by atoms with van der Waals surface area (Å²) in [6.45, 7) is 0.192. The van der Waals surface area contributed by atoms with Crippen LogP contribution in [0.2, 0.25) is 0 Å². The van der Waals surface area contributed by atoms with Crippen LogP contribution in [-0.2, 0) is 27.4 Å². The van der Waals surface area contributed by atoms with Gasteiger partial charge in [0.1, 0.15) is 5.82 Å². The number of carbonyl (C=O) groups excluding carboxylic acids is 1. The quantitative estimate of drug-likeness (QED) is 0.307. The zero-order valence-electron chi connectivity index (χ0n) is 22.2. The number of halogens is 4. The number of benzene rings is 2. The summed E-state index contributed by atoms with van der Waals surface area (Å²) in [4.78, 5) is 22.3. The van der Waals surface area contributed by atoms with E-state index in [2.05, 4.69) is 15.3 Å². The lowest BCUT2D eigenvalue weighted by atomic mass is 10.0. The lowest BCUT2D eigenvalue weighted by molar-refractivity contribution is -0.137. The van der Waals surface area contributed by atoms with Gasteiger partial charge in [-0.25, -0.2) is 22.8 Å². The van der Waals surface area contributed by atoms with Crippen molar-refractivity contribution in [3.63, 3.8) is 0 Å². The molecule has 218 valence electrons. The molecule has 5 rings (SSSR count). The van der Waals surface area contributed by atoms with E-state index in [0.717, 1.165) is 49.9 Å². The molecule has 41 heavy (non-hydrogen) atoms. The second-order valence-electron chi connectivity index (χ2n) is 10.5. The van der Waals surface area contributed by atoms with Crippen molar-refractivity contribution < 1.29 is 30.8 Å². The monoisotopic (exact) mass is 590 g/mol. The van der Waals surface area contributed by atoms with Gasteiger partial charge in [0.15, 0.2) is 5.78 Å². The van der Waals surface area contributed by atoms with Crippen LogP contribution < -0.4 is 5.32 Å². The third-order valence-corrected chi connectivity index (χ3v) is 9.52. The predicted octanol–water partition coefficient (Wildman–Crippen LogP) is 6.01. The van der Waals surface area contributed by atoms with E-state index in [1.807, 2.05) is 0 Å². The lowest BCUT2D eigenvalue weighted by Gasteiger charge is -2.23. The van der Waals surface area contributed by atoms with Gasteiger partial charge in [0.2, 0.25) is 16.0 Å². The molecule has 1 N–H and O–H groups in total. The molecular weight excluding hydrogens is 560 g/mol. The van der Waals surface area contributed by atoms with Gasteiger partial charge in [-0.1, -0.05) is 25.0 Å². The maximum Gasteiger partial charge on any atom is 0.416 e. The molecule has 0 radical (unpaired) electrons. The van der Waals surface area contributed by atoms with Crippen LogP contribution in [0.3, 0.4) is 0 Å². The van der Waals surface area contributed by atoms with Gasteiger partial charge in [-0.2, -0.15) is 17.5 Å². The first-order valence-electron chi connectivity index (χ1n) is 13.6. The molecule has 1 aliphatic heterocycles. The first kappa shape index (κ1) is 29.1. The highest BCUT2D eigenvalue weighted by Gasteiger charge is 2.39. The fourth-order valence-electron chi connectivity index (χ4n) is 5.43. The highest BCUT2D eigenvalue weighted by Crippen LogP contribution is 2.32. The van der Waals surface area contributed by atoms with Gasteiger partial charge in [-0.3, -0.25) is 4.79 Å². The van der Waals surface area contributed by atoms with Crippen molar-refractivity contribution in [2.45, 2.75) is 74.5 Å². The minimum Gasteiger partial charge on any atom is -0.351 e. The Morgan fingerprint density at radius 2 is 1.63 bits per heavy atom. The summed E-state index contributed by atoms with van der Waals surface area (Å²) in [5.74, 6) is -0.466. The van der Waals surface area contributed by atoms with E-state index in [4.69, 9.17) is 0 Å². The molecule has 1 saturated carbocycles. The molecule has 7 nitrogen and oxygen atoms in total. The Bertz CT molecular complexity index is 1490. The lowest BCUT2D eigenvalue weighted by Crippen LogP contribution is -2.40. The number of Topliss-reactive ketones (excluding diaryl/α,β-unsaturated/α-hetero) is 1. The highest BCUT2D eigenvalue weighted by molar-refractivity contribution is 7.89. The smallest absolute Gasteiger partial charge is 0.351 e. The van der Waals surface area contributed by atoms with E-state index < -0.39 is 33.6 Å². The molecule has 3 aromatic rings. The van der Waals surface area contributed by atoms with E-state index in [-0.39, 0.29) is 36.1 Å². The fraction of sp³-hybridized carbons (Fsp3) is 0.414. The molecule has 2 aromatic carbocycles. The van der Waals surface area contributed by atoms with Gasteiger partial charge in [0.25, 0.3) is 0 Å². The average Bonchev–Trinajstić information content (AvgIpc) is 3.65. The number of ketones is 1. The number of nitrogens with zero attached hydrogens (tertiary/aromatic N) is 3. The van der Waals surface area contributed by atoms with Gasteiger partial charge in [-0.05, 0) is 74.6 Å². The van der Waals surface area contributed by atoms with Crippen molar-refractivity contribution in [1.82, 2.24) is 14.3 Å². The summed E-state index contributed by atoms with van der Waals surface area (Å²) in [6, 6.07) is 10.2. The van der Waals surface area contributed by atoms with Crippen LogP contribution in [-0.4, -0.2) is 47.1 Å². The minimum absolute atomic E-state index is 0.0203. The number of rotatable bonds is 9. The van der Waals surface area contributed by atoms with Gasteiger partial charge in [0, 0.05) is 30.3 Å². The molecule has 0 unspecified atom stereocenters. The normalized spacial score (nSPS) is 18.6. The Morgan fingerprint density at radius 1 is 0.951 bits per heavy atom. The van der Waals surface area contributed by atoms with E-state index in [9.17, 15) is 30.8 Å². The largest absolute Gasteiger partial charge is 0.416 e. The Morgan fingerprint density at radius 3 is 2.29 bits per heavy atom. The van der Waals surface area contributed by atoms with Crippen molar-refractivity contribution in [3.05, 3.63) is 71.7 Å². The van der Waals surface area contributed by atoms with Crippen LogP contribution in [0.5, 0.6) is 0 Å². The van der Waals surface area contributed by atoms with Crippen LogP contribution >= 0.6 is 0 Å². The van der Waals surface area contributed by atoms with Crippen molar-refractivity contribution >= 4 is 21.8 Å². The van der Waals surface area contributed by atoms with E-state index >= 15 is 0 Å². The maximum atomic E-state index is 13.3. The van der Waals surface area contributed by atoms with Crippen LogP contribution in [0.4, 0.5) is 23.5 Å². The minimum atomic E-state index is -4.46. The molecule has 2 fully saturated rings. The topological polar surface area (TPSA) is 92.3 Å². The Hall–Kier alpha value is -3.38. The van der Waals surface area contributed by atoms with Gasteiger partial charge in [0.05, 0.1) is 22.2 Å². The van der Waals surface area contributed by atoms with Gasteiger partial charge < -0.3 is 5.32 Å². The van der Waals surface area contributed by atoms with Crippen molar-refractivity contribution in [1.29, 1.82) is 0 Å². The van der Waals surface area contributed by atoms with Crippen molar-refractivity contribution in [3.8, 4) is 11.3 Å². The fourth-order valence-corrected chi connectivity index (χ4v) is 7.11. The number of sulfonamides is 1. The molecule has 1 aliphatic carbocycles. The second kappa shape index (κ2) is 11.8. The second-order valence-corrected chi connectivity index (χ2v) is 12.4. The zero-order chi connectivity index (χ0) is 29.2. The third-order valence-electron chi connectivity index (χ3n) is 7.60. The molecule has 0 amide bonds. The number of nitrogens with one attached hydrogen (secondary N) is 1. The molecule has 1 atom stereocenters. The number of anilines is 1. The first-order valence-corrected chi connectivity index (χ1v) is 15.1. The number of carbonyl (C=O) groups is 1. The Balaban J connectivity index is 1.35. The number of alkyl halides is 3. The van der Waals surface area contributed by atoms with Gasteiger partial charge in [-0.15, -0.1) is 0 Å². The maximum absolute atomic E-state index is 13.3. The molecule has 0 spiro atoms. The van der Waals surface area contributed by atoms with Crippen LogP contribution in [0.1, 0.15) is 56.2 Å². The third kappa shape index (κ3) is 6.75. The summed E-state index contributed by atoms with van der Waals surface area (Å²) < 4.78 is 80.1. The van der Waals surface area contributed by atoms with Crippen LogP contribution in [0.25, 0.3) is 11.3 Å². The zero-order valence-corrected chi connectivity index (χ0v) is 23.0. The number of aryl methyl sites for hydroxylation is 1. The Kier molecular flexibility index (Phi) is 8.42. The van der Waals surface area contributed by atoms with E-state index in [1.54, 1.807) is 6.07 Å². The summed E-state index contributed by atoms with van der Waals surface area (Å²) in [6.07, 6.45) is 0.757. The first-order chi connectivity index (χ1) is 19.5. The standard InChI is InChI=1S/C29H30F4N4O3S/c30-21-11-14-24(15-12-21)41(39,40)37-17-3-6-26(37)27(38)16-13-23-18-25(19-7-9-20(10-8-19)29(31,32)33)36-28(35-23)34-22-4-1-2-5-22/h7-12,14-15,18,22,26H,1-6,13,16-17H2,(H,34,35,36)/t26-/m0/s1. The average molecular weight is 591 g/mol. The predicted molar refractivity (Wildman–Crippen MR) is 145 cm³/mol. The number of hydrogen-bond acceptors (Lipinski definition) is 6. The number of hydrogen-bond donors (Lipinski definition) is 1. The summed E-state index contributed by atoms with van der Waals surface area (Å²) in [7, 11) is -3.98. The molecule has 2 heterocycles. The van der Waals surface area contributed by atoms with Gasteiger partial charge >= 0.3 is 6.18 Å².